The molecule has 0 bridgehead atoms. The lowest BCUT2D eigenvalue weighted by Gasteiger charge is -2.29. The van der Waals surface area contributed by atoms with Crippen LogP contribution in [0.25, 0.3) is 0 Å². The van der Waals surface area contributed by atoms with Gasteiger partial charge in [-0.25, -0.2) is 9.59 Å². The van der Waals surface area contributed by atoms with E-state index in [0.29, 0.717) is 44.4 Å². The molecule has 33 heavy (non-hydrogen) atoms. The maximum absolute atomic E-state index is 12.7. The van der Waals surface area contributed by atoms with E-state index in [1.54, 1.807) is 32.5 Å². The fraction of sp³-hybridized carbons (Fsp3) is 0.818. The number of carboxylic acids is 1. The first-order chi connectivity index (χ1) is 15.3. The molecule has 1 saturated carbocycles. The summed E-state index contributed by atoms with van der Waals surface area (Å²) < 4.78 is 5.26. The van der Waals surface area contributed by atoms with E-state index in [0.717, 1.165) is 0 Å². The van der Waals surface area contributed by atoms with Gasteiger partial charge < -0.3 is 30.9 Å². The molecule has 10 nitrogen and oxygen atoms in total. The molecule has 5 N–H and O–H groups in total. The number of carbonyl (C=O) groups is 4. The van der Waals surface area contributed by atoms with E-state index in [-0.39, 0.29) is 23.7 Å². The van der Waals surface area contributed by atoms with E-state index in [1.807, 2.05) is 6.26 Å². The van der Waals surface area contributed by atoms with Crippen molar-refractivity contribution in [1.82, 2.24) is 16.0 Å². The Morgan fingerprint density at radius 1 is 1.09 bits per heavy atom. The van der Waals surface area contributed by atoms with Crippen molar-refractivity contribution >= 4 is 35.6 Å². The number of ether oxygens (including phenoxy) is 1. The second kappa shape index (κ2) is 13.6. The average Bonchev–Trinajstić information content (AvgIpc) is 2.71. The lowest BCUT2D eigenvalue weighted by Crippen LogP contribution is -2.50. The summed E-state index contributed by atoms with van der Waals surface area (Å²) >= 11 is 1.58. The van der Waals surface area contributed by atoms with Gasteiger partial charge in [0.1, 0.15) is 11.6 Å². The highest BCUT2D eigenvalue weighted by Crippen LogP contribution is 2.28. The smallest absolute Gasteiger partial charge is 0.408 e. The van der Waals surface area contributed by atoms with Crippen LogP contribution in [0.15, 0.2) is 0 Å². The Balaban J connectivity index is 2.51. The fourth-order valence-electron chi connectivity index (χ4n) is 3.61. The molecule has 1 rings (SSSR count). The van der Waals surface area contributed by atoms with E-state index in [2.05, 4.69) is 16.0 Å². The van der Waals surface area contributed by atoms with Gasteiger partial charge >= 0.3 is 12.1 Å². The van der Waals surface area contributed by atoms with E-state index in [9.17, 15) is 24.3 Å². The molecule has 3 amide bonds. The molecule has 0 aliphatic heterocycles. The summed E-state index contributed by atoms with van der Waals surface area (Å²) in [5, 5.41) is 26.6. The molecule has 1 fully saturated rings. The summed E-state index contributed by atoms with van der Waals surface area (Å²) in [5.74, 6) is -1.34. The number of alkyl carbamates (subject to hydrolysis) is 1. The number of carbonyl (C=O) groups excluding carboxylic acids is 3. The zero-order valence-electron chi connectivity index (χ0n) is 20.2. The second-order valence-corrected chi connectivity index (χ2v) is 10.5. The zero-order chi connectivity index (χ0) is 25.2. The van der Waals surface area contributed by atoms with Crippen molar-refractivity contribution in [2.45, 2.75) is 83.6 Å². The van der Waals surface area contributed by atoms with Gasteiger partial charge in [0.25, 0.3) is 0 Å². The van der Waals surface area contributed by atoms with Gasteiger partial charge in [0.15, 0.2) is 6.04 Å². The molecule has 0 aromatic carbocycles. The normalized spacial score (nSPS) is 21.3. The minimum Gasteiger partial charge on any atom is -0.480 e. The number of aliphatic hydroxyl groups excluding tert-OH is 1. The number of nitrogens with one attached hydrogen (secondary N) is 3. The van der Waals surface area contributed by atoms with Gasteiger partial charge in [0.05, 0.1) is 6.10 Å². The van der Waals surface area contributed by atoms with Crippen molar-refractivity contribution in [2.24, 2.45) is 11.8 Å². The minimum absolute atomic E-state index is 0.188. The van der Waals surface area contributed by atoms with Crippen LogP contribution in [0.4, 0.5) is 4.79 Å². The predicted molar refractivity (Wildman–Crippen MR) is 126 cm³/mol. The first-order valence-corrected chi connectivity index (χ1v) is 12.7. The van der Waals surface area contributed by atoms with Crippen LogP contribution in [-0.2, 0) is 19.1 Å². The monoisotopic (exact) mass is 489 g/mol. The van der Waals surface area contributed by atoms with Gasteiger partial charge in [0, 0.05) is 12.5 Å². The topological polar surface area (TPSA) is 154 Å². The highest BCUT2D eigenvalue weighted by Gasteiger charge is 2.32. The molecular weight excluding hydrogens is 450 g/mol. The summed E-state index contributed by atoms with van der Waals surface area (Å²) in [6.45, 7) is 7.03. The summed E-state index contributed by atoms with van der Waals surface area (Å²) in [7, 11) is 0. The van der Waals surface area contributed by atoms with Gasteiger partial charge in [-0.15, -0.1) is 0 Å². The Kier molecular flexibility index (Phi) is 12.0. The molecule has 0 heterocycles. The number of hydrogen-bond acceptors (Lipinski definition) is 7. The van der Waals surface area contributed by atoms with Crippen LogP contribution in [0, 0.1) is 11.8 Å². The Morgan fingerprint density at radius 3 is 2.18 bits per heavy atom. The molecule has 190 valence electrons. The van der Waals surface area contributed by atoms with Crippen LogP contribution in [0.3, 0.4) is 0 Å². The predicted octanol–water partition coefficient (Wildman–Crippen LogP) is 1.51. The standard InChI is InChI=1S/C22H39N3O7S/c1-13(26)17(20(29)30)25-18(27)15-8-6-14(7-9-15)12-23-19(28)16(10-11-33-5)24-21(31)32-22(2,3)4/h13-17,26H,6-12H2,1-5H3,(H,23,28)(H,24,31)(H,25,27)(H,29,30)/t13?,14?,15?,16-,17+/m0/s1. The molecule has 0 aromatic heterocycles. The summed E-state index contributed by atoms with van der Waals surface area (Å²) in [4.78, 5) is 48.3. The number of rotatable bonds is 11. The first kappa shape index (κ1) is 29.0. The fourth-order valence-corrected chi connectivity index (χ4v) is 4.08. The van der Waals surface area contributed by atoms with Crippen molar-refractivity contribution < 1.29 is 34.1 Å². The summed E-state index contributed by atoms with van der Waals surface area (Å²) in [5.41, 5.74) is -0.657. The number of amides is 3. The first-order valence-electron chi connectivity index (χ1n) is 11.3. The summed E-state index contributed by atoms with van der Waals surface area (Å²) in [6, 6.07) is -2.02. The SMILES string of the molecule is CSCC[C@H](NC(=O)OC(C)(C)C)C(=O)NCC1CCC(C(=O)N[C@@H](C(=O)O)C(C)O)CC1. The molecule has 1 unspecified atom stereocenters. The van der Waals surface area contributed by atoms with Crippen LogP contribution in [0.5, 0.6) is 0 Å². The van der Waals surface area contributed by atoms with Crippen molar-refractivity contribution in [3.8, 4) is 0 Å². The number of carboxylic acid groups (broad SMARTS) is 1. The van der Waals surface area contributed by atoms with Gasteiger partial charge in [-0.1, -0.05) is 0 Å². The molecular formula is C22H39N3O7S. The Morgan fingerprint density at radius 2 is 1.70 bits per heavy atom. The molecule has 11 heteroatoms. The average molecular weight is 490 g/mol. The molecule has 0 radical (unpaired) electrons. The van der Waals surface area contributed by atoms with Crippen molar-refractivity contribution in [2.75, 3.05) is 18.6 Å². The molecule has 0 spiro atoms. The molecule has 1 aliphatic carbocycles. The van der Waals surface area contributed by atoms with E-state index >= 15 is 0 Å². The van der Waals surface area contributed by atoms with Crippen LogP contribution in [-0.4, -0.2) is 76.4 Å². The zero-order valence-corrected chi connectivity index (χ0v) is 21.0. The van der Waals surface area contributed by atoms with Crippen LogP contribution in [0.2, 0.25) is 0 Å². The van der Waals surface area contributed by atoms with Gasteiger partial charge in [-0.3, -0.25) is 9.59 Å². The van der Waals surface area contributed by atoms with Crippen LogP contribution >= 0.6 is 11.8 Å². The molecule has 0 saturated heterocycles. The van der Waals surface area contributed by atoms with E-state index < -0.39 is 35.9 Å². The lowest BCUT2D eigenvalue weighted by atomic mass is 9.81. The maximum Gasteiger partial charge on any atom is 0.408 e. The van der Waals surface area contributed by atoms with Gasteiger partial charge in [-0.2, -0.15) is 11.8 Å². The Hall–Kier alpha value is -2.01. The van der Waals surface area contributed by atoms with Crippen molar-refractivity contribution in [3.63, 3.8) is 0 Å². The second-order valence-electron chi connectivity index (χ2n) is 9.51. The minimum atomic E-state index is -1.33. The maximum atomic E-state index is 12.7. The van der Waals surface area contributed by atoms with Crippen LogP contribution in [0.1, 0.15) is 59.8 Å². The largest absolute Gasteiger partial charge is 0.480 e. The summed E-state index contributed by atoms with van der Waals surface area (Å²) in [6.07, 6.45) is 3.15. The number of aliphatic hydroxyl groups is 1. The van der Waals surface area contributed by atoms with Crippen molar-refractivity contribution in [3.05, 3.63) is 0 Å². The van der Waals surface area contributed by atoms with Crippen LogP contribution < -0.4 is 16.0 Å². The van der Waals surface area contributed by atoms with Gasteiger partial charge in [-0.05, 0) is 77.7 Å². The van der Waals surface area contributed by atoms with E-state index in [4.69, 9.17) is 9.84 Å². The van der Waals surface area contributed by atoms with E-state index in [1.165, 1.54) is 6.92 Å². The number of hydrogen-bond donors (Lipinski definition) is 5. The molecule has 1 aliphatic rings. The Bertz CT molecular complexity index is 673. The van der Waals surface area contributed by atoms with Gasteiger partial charge in [0.2, 0.25) is 11.8 Å². The third-order valence-electron chi connectivity index (χ3n) is 5.45. The number of thioether (sulfide) groups is 1. The molecule has 3 atom stereocenters. The third kappa shape index (κ3) is 11.1. The third-order valence-corrected chi connectivity index (χ3v) is 6.09. The highest BCUT2D eigenvalue weighted by molar-refractivity contribution is 7.98. The molecule has 0 aromatic rings. The Labute approximate surface area is 200 Å². The highest BCUT2D eigenvalue weighted by atomic mass is 32.2. The van der Waals surface area contributed by atoms with Crippen molar-refractivity contribution in [1.29, 1.82) is 0 Å². The quantitative estimate of drug-likeness (QED) is 0.293. The lowest BCUT2D eigenvalue weighted by molar-refractivity contribution is -0.145. The number of aliphatic carboxylic acids is 1.